The predicted octanol–water partition coefficient (Wildman–Crippen LogP) is 4.46. The summed E-state index contributed by atoms with van der Waals surface area (Å²) in [5.74, 6) is 0. The topological polar surface area (TPSA) is 27.0 Å². The highest BCUT2D eigenvalue weighted by atomic mass is 35.5. The van der Waals surface area contributed by atoms with Gasteiger partial charge in [-0.15, -0.1) is 0 Å². The zero-order chi connectivity index (χ0) is 14.7. The van der Waals surface area contributed by atoms with Crippen molar-refractivity contribution in [1.82, 2.24) is 0 Å². The molecule has 2 aromatic carbocycles. The lowest BCUT2D eigenvalue weighted by Gasteiger charge is -2.21. The van der Waals surface area contributed by atoms with Gasteiger partial charge in [0.2, 0.25) is 0 Å². The largest absolute Gasteiger partial charge is 0.370 e. The number of nitriles is 1. The number of benzene rings is 2. The summed E-state index contributed by atoms with van der Waals surface area (Å²) < 4.78 is 0. The Kier molecular flexibility index (Phi) is 4.32. The molecule has 3 heteroatoms. The van der Waals surface area contributed by atoms with Crippen LogP contribution in [0.4, 0.5) is 5.69 Å². The van der Waals surface area contributed by atoms with Gasteiger partial charge in [-0.1, -0.05) is 23.7 Å². The van der Waals surface area contributed by atoms with Crippen LogP contribution >= 0.6 is 11.6 Å². The SMILES string of the molecule is Cc1cc(C)cc(N(C)Cc2ccc(C#N)cc2Cl)c1. The molecule has 0 N–H and O–H groups in total. The molecule has 0 fully saturated rings. The van der Waals surface area contributed by atoms with Gasteiger partial charge in [-0.2, -0.15) is 5.26 Å². The van der Waals surface area contributed by atoms with E-state index in [9.17, 15) is 0 Å². The minimum atomic E-state index is 0.591. The first-order valence-corrected chi connectivity index (χ1v) is 6.85. The number of hydrogen-bond acceptors (Lipinski definition) is 2. The summed E-state index contributed by atoms with van der Waals surface area (Å²) in [6.07, 6.45) is 0. The third-order valence-electron chi connectivity index (χ3n) is 3.24. The molecule has 0 aliphatic heterocycles. The standard InChI is InChI=1S/C17H17ClN2/c1-12-6-13(2)8-16(7-12)20(3)11-15-5-4-14(10-19)9-17(15)18/h4-9H,11H2,1-3H3. The van der Waals surface area contributed by atoms with Gasteiger partial charge < -0.3 is 4.90 Å². The molecule has 0 bridgehead atoms. The van der Waals surface area contributed by atoms with E-state index >= 15 is 0 Å². The molecule has 0 saturated heterocycles. The highest BCUT2D eigenvalue weighted by Gasteiger charge is 2.07. The molecule has 0 spiro atoms. The van der Waals surface area contributed by atoms with Gasteiger partial charge in [-0.25, -0.2) is 0 Å². The van der Waals surface area contributed by atoms with E-state index in [1.165, 1.54) is 16.8 Å². The Morgan fingerprint density at radius 2 is 1.75 bits per heavy atom. The minimum Gasteiger partial charge on any atom is -0.370 e. The Bertz CT molecular complexity index is 651. The molecule has 0 unspecified atom stereocenters. The third-order valence-corrected chi connectivity index (χ3v) is 3.59. The van der Waals surface area contributed by atoms with E-state index in [1.54, 1.807) is 12.1 Å². The van der Waals surface area contributed by atoms with Crippen molar-refractivity contribution < 1.29 is 0 Å². The van der Waals surface area contributed by atoms with E-state index in [1.807, 2.05) is 13.1 Å². The van der Waals surface area contributed by atoms with Crippen molar-refractivity contribution in [3.8, 4) is 6.07 Å². The fraction of sp³-hybridized carbons (Fsp3) is 0.235. The molecule has 0 amide bonds. The van der Waals surface area contributed by atoms with Gasteiger partial charge in [-0.3, -0.25) is 0 Å². The van der Waals surface area contributed by atoms with Crippen LogP contribution in [0.1, 0.15) is 22.3 Å². The second-order valence-electron chi connectivity index (χ2n) is 5.12. The number of halogens is 1. The first-order chi connectivity index (χ1) is 9.49. The molecule has 0 heterocycles. The van der Waals surface area contributed by atoms with E-state index in [0.717, 1.165) is 5.56 Å². The van der Waals surface area contributed by atoms with E-state index in [2.05, 4.69) is 43.0 Å². The normalized spacial score (nSPS) is 10.2. The molecule has 2 rings (SSSR count). The fourth-order valence-corrected chi connectivity index (χ4v) is 2.50. The molecule has 102 valence electrons. The highest BCUT2D eigenvalue weighted by molar-refractivity contribution is 6.31. The van der Waals surface area contributed by atoms with Crippen molar-refractivity contribution in [3.05, 3.63) is 63.7 Å². The van der Waals surface area contributed by atoms with Crippen LogP contribution in [0.2, 0.25) is 5.02 Å². The zero-order valence-corrected chi connectivity index (χ0v) is 12.7. The van der Waals surface area contributed by atoms with Crippen molar-refractivity contribution in [2.45, 2.75) is 20.4 Å². The molecule has 0 aliphatic rings. The van der Waals surface area contributed by atoms with Crippen molar-refractivity contribution >= 4 is 17.3 Å². The van der Waals surface area contributed by atoms with Crippen molar-refractivity contribution in [3.63, 3.8) is 0 Å². The van der Waals surface area contributed by atoms with E-state index in [-0.39, 0.29) is 0 Å². The Balaban J connectivity index is 2.23. The smallest absolute Gasteiger partial charge is 0.0992 e. The Hall–Kier alpha value is -1.98. The molecule has 0 saturated carbocycles. The maximum absolute atomic E-state index is 8.85. The van der Waals surface area contributed by atoms with Crippen LogP contribution in [0, 0.1) is 25.2 Å². The maximum Gasteiger partial charge on any atom is 0.0992 e. The molecule has 2 aromatic rings. The number of nitrogens with zero attached hydrogens (tertiary/aromatic N) is 2. The van der Waals surface area contributed by atoms with Crippen LogP contribution in [-0.2, 0) is 6.54 Å². The lowest BCUT2D eigenvalue weighted by molar-refractivity contribution is 0.921. The number of hydrogen-bond donors (Lipinski definition) is 0. The average molecular weight is 285 g/mol. The van der Waals surface area contributed by atoms with Crippen LogP contribution in [0.25, 0.3) is 0 Å². The zero-order valence-electron chi connectivity index (χ0n) is 11.9. The lowest BCUT2D eigenvalue weighted by Crippen LogP contribution is -2.16. The molecule has 0 aliphatic carbocycles. The molecule has 2 nitrogen and oxygen atoms in total. The molecule has 0 atom stereocenters. The monoisotopic (exact) mass is 284 g/mol. The molecular weight excluding hydrogens is 268 g/mol. The van der Waals surface area contributed by atoms with Crippen LogP contribution in [0.3, 0.4) is 0 Å². The van der Waals surface area contributed by atoms with Crippen molar-refractivity contribution in [2.75, 3.05) is 11.9 Å². The Morgan fingerprint density at radius 1 is 1.10 bits per heavy atom. The Morgan fingerprint density at radius 3 is 2.30 bits per heavy atom. The van der Waals surface area contributed by atoms with E-state index in [4.69, 9.17) is 16.9 Å². The van der Waals surface area contributed by atoms with Gasteiger partial charge in [0.25, 0.3) is 0 Å². The quantitative estimate of drug-likeness (QED) is 0.832. The first-order valence-electron chi connectivity index (χ1n) is 6.47. The van der Waals surface area contributed by atoms with Crippen LogP contribution < -0.4 is 4.90 Å². The van der Waals surface area contributed by atoms with Crippen LogP contribution in [0.15, 0.2) is 36.4 Å². The summed E-state index contributed by atoms with van der Waals surface area (Å²) in [6.45, 7) is 4.91. The van der Waals surface area contributed by atoms with Crippen LogP contribution in [-0.4, -0.2) is 7.05 Å². The minimum absolute atomic E-state index is 0.591. The summed E-state index contributed by atoms with van der Waals surface area (Å²) >= 11 is 6.22. The van der Waals surface area contributed by atoms with Gasteiger partial charge in [0.15, 0.2) is 0 Å². The number of anilines is 1. The summed E-state index contributed by atoms with van der Waals surface area (Å²) in [5, 5.41) is 9.49. The summed E-state index contributed by atoms with van der Waals surface area (Å²) in [6, 6.07) is 14.0. The molecular formula is C17H17ClN2. The molecule has 0 radical (unpaired) electrons. The fourth-order valence-electron chi connectivity index (χ4n) is 2.26. The number of aryl methyl sites for hydroxylation is 2. The van der Waals surface area contributed by atoms with Crippen molar-refractivity contribution in [2.24, 2.45) is 0 Å². The summed E-state index contributed by atoms with van der Waals surface area (Å²) in [5.41, 5.74) is 5.28. The van der Waals surface area contributed by atoms with E-state index < -0.39 is 0 Å². The molecule has 0 aromatic heterocycles. The van der Waals surface area contributed by atoms with Gasteiger partial charge in [0.05, 0.1) is 11.6 Å². The highest BCUT2D eigenvalue weighted by Crippen LogP contribution is 2.23. The van der Waals surface area contributed by atoms with Gasteiger partial charge >= 0.3 is 0 Å². The summed E-state index contributed by atoms with van der Waals surface area (Å²) in [4.78, 5) is 2.16. The predicted molar refractivity (Wildman–Crippen MR) is 84.2 cm³/mol. The summed E-state index contributed by atoms with van der Waals surface area (Å²) in [7, 11) is 2.04. The van der Waals surface area contributed by atoms with Crippen molar-refractivity contribution in [1.29, 1.82) is 5.26 Å². The second kappa shape index (κ2) is 5.98. The molecule has 20 heavy (non-hydrogen) atoms. The van der Waals surface area contributed by atoms with Gasteiger partial charge in [0.1, 0.15) is 0 Å². The Labute approximate surface area is 125 Å². The van der Waals surface area contributed by atoms with Crippen LogP contribution in [0.5, 0.6) is 0 Å². The number of rotatable bonds is 3. The van der Waals surface area contributed by atoms with Gasteiger partial charge in [0, 0.05) is 24.3 Å². The average Bonchev–Trinajstić information content (AvgIpc) is 2.39. The third kappa shape index (κ3) is 3.31. The maximum atomic E-state index is 8.85. The first kappa shape index (κ1) is 14.4. The second-order valence-corrected chi connectivity index (χ2v) is 5.53. The van der Waals surface area contributed by atoms with Gasteiger partial charge in [-0.05, 0) is 54.8 Å². The van der Waals surface area contributed by atoms with E-state index in [0.29, 0.717) is 17.1 Å². The lowest BCUT2D eigenvalue weighted by atomic mass is 10.1.